The molecule has 4 nitrogen and oxygen atoms in total. The van der Waals surface area contributed by atoms with Crippen molar-refractivity contribution in [2.24, 2.45) is 0 Å². The highest BCUT2D eigenvalue weighted by Crippen LogP contribution is 2.25. The summed E-state index contributed by atoms with van der Waals surface area (Å²) in [6.45, 7) is 1.81. The van der Waals surface area contributed by atoms with Gasteiger partial charge in [-0.25, -0.2) is 0 Å². The summed E-state index contributed by atoms with van der Waals surface area (Å²) < 4.78 is 0. The number of rotatable bonds is 2. The van der Waals surface area contributed by atoms with E-state index in [1.54, 1.807) is 6.92 Å². The Morgan fingerprint density at radius 3 is 3.06 bits per heavy atom. The number of carbonyl (C=O) groups excluding carboxylic acids is 1. The van der Waals surface area contributed by atoms with Gasteiger partial charge in [0, 0.05) is 17.8 Å². The Hall–Kier alpha value is -2.02. The first-order valence-electron chi connectivity index (χ1n) is 5.28. The van der Waals surface area contributed by atoms with E-state index in [2.05, 4.69) is 16.7 Å². The monoisotopic (exact) mass is 215 g/mol. The standard InChI is InChI=1S/C12H13N3O/c1-8(7-13)14-10-3-4-11-9(6-10)2-5-12(16)15-11/h3-4,6,8,14H,2,5H2,1H3,(H,15,16). The Balaban J connectivity index is 2.20. The van der Waals surface area contributed by atoms with Gasteiger partial charge in [0.15, 0.2) is 0 Å². The average Bonchev–Trinajstić information content (AvgIpc) is 2.29. The van der Waals surface area contributed by atoms with Gasteiger partial charge in [-0.3, -0.25) is 4.79 Å². The van der Waals surface area contributed by atoms with Crippen LogP contribution in [0.1, 0.15) is 18.9 Å². The third-order valence-electron chi connectivity index (χ3n) is 2.58. The van der Waals surface area contributed by atoms with Crippen molar-refractivity contribution in [3.63, 3.8) is 0 Å². The van der Waals surface area contributed by atoms with Crippen LogP contribution in [0.5, 0.6) is 0 Å². The third kappa shape index (κ3) is 2.14. The van der Waals surface area contributed by atoms with E-state index in [-0.39, 0.29) is 11.9 Å². The number of fused-ring (bicyclic) bond motifs is 1. The minimum Gasteiger partial charge on any atom is -0.370 e. The van der Waals surface area contributed by atoms with Crippen LogP contribution in [0.3, 0.4) is 0 Å². The van der Waals surface area contributed by atoms with Crippen LogP contribution in [0.15, 0.2) is 18.2 Å². The summed E-state index contributed by atoms with van der Waals surface area (Å²) in [5.41, 5.74) is 2.92. The maximum atomic E-state index is 11.2. The normalized spacial score (nSPS) is 15.6. The second kappa shape index (κ2) is 4.23. The van der Waals surface area contributed by atoms with Crippen molar-refractivity contribution >= 4 is 17.3 Å². The zero-order chi connectivity index (χ0) is 11.5. The number of nitrogens with one attached hydrogen (secondary N) is 2. The van der Waals surface area contributed by atoms with E-state index in [0.29, 0.717) is 6.42 Å². The molecule has 1 aliphatic heterocycles. The maximum Gasteiger partial charge on any atom is 0.224 e. The molecule has 2 rings (SSSR count). The first-order valence-corrected chi connectivity index (χ1v) is 5.28. The van der Waals surface area contributed by atoms with Gasteiger partial charge in [0.25, 0.3) is 0 Å². The van der Waals surface area contributed by atoms with Crippen LogP contribution in [0, 0.1) is 11.3 Å². The molecule has 2 N–H and O–H groups in total. The number of aryl methyl sites for hydroxylation is 1. The Bertz CT molecular complexity index is 462. The van der Waals surface area contributed by atoms with E-state index in [0.717, 1.165) is 23.4 Å². The molecule has 0 bridgehead atoms. The summed E-state index contributed by atoms with van der Waals surface area (Å²) in [5.74, 6) is 0.0682. The number of carbonyl (C=O) groups is 1. The topological polar surface area (TPSA) is 64.9 Å². The first-order chi connectivity index (χ1) is 7.69. The molecule has 1 unspecified atom stereocenters. The fraction of sp³-hybridized carbons (Fsp3) is 0.333. The van der Waals surface area contributed by atoms with E-state index >= 15 is 0 Å². The van der Waals surface area contributed by atoms with E-state index in [4.69, 9.17) is 5.26 Å². The molecule has 1 heterocycles. The lowest BCUT2D eigenvalue weighted by Gasteiger charge is -2.18. The molecular weight excluding hydrogens is 202 g/mol. The second-order valence-corrected chi connectivity index (χ2v) is 3.92. The molecule has 4 heteroatoms. The number of anilines is 2. The molecule has 1 aromatic carbocycles. The highest BCUT2D eigenvalue weighted by atomic mass is 16.1. The van der Waals surface area contributed by atoms with Crippen molar-refractivity contribution < 1.29 is 4.79 Å². The van der Waals surface area contributed by atoms with Crippen molar-refractivity contribution in [1.82, 2.24) is 0 Å². The molecule has 1 amide bonds. The number of nitrogens with zero attached hydrogens (tertiary/aromatic N) is 1. The molecule has 82 valence electrons. The summed E-state index contributed by atoms with van der Waals surface area (Å²) in [4.78, 5) is 11.2. The molecule has 0 saturated heterocycles. The Kier molecular flexibility index (Phi) is 2.78. The largest absolute Gasteiger partial charge is 0.370 e. The molecule has 0 fully saturated rings. The van der Waals surface area contributed by atoms with Crippen LogP contribution in [-0.4, -0.2) is 11.9 Å². The number of amides is 1. The second-order valence-electron chi connectivity index (χ2n) is 3.92. The number of nitriles is 1. The SMILES string of the molecule is CC(C#N)Nc1ccc2c(c1)CCC(=O)N2. The molecule has 0 saturated carbocycles. The molecule has 0 aliphatic carbocycles. The van der Waals surface area contributed by atoms with Gasteiger partial charge in [-0.2, -0.15) is 5.26 Å². The van der Waals surface area contributed by atoms with E-state index < -0.39 is 0 Å². The van der Waals surface area contributed by atoms with Gasteiger partial charge in [0.05, 0.1) is 6.07 Å². The van der Waals surface area contributed by atoms with E-state index in [9.17, 15) is 4.79 Å². The summed E-state index contributed by atoms with van der Waals surface area (Å²) in [6.07, 6.45) is 1.29. The fourth-order valence-electron chi connectivity index (χ4n) is 1.76. The molecule has 0 spiro atoms. The third-order valence-corrected chi connectivity index (χ3v) is 2.58. The van der Waals surface area contributed by atoms with E-state index in [1.807, 2.05) is 18.2 Å². The van der Waals surface area contributed by atoms with Crippen LogP contribution >= 0.6 is 0 Å². The van der Waals surface area contributed by atoms with Crippen LogP contribution in [0.2, 0.25) is 0 Å². The van der Waals surface area contributed by atoms with Gasteiger partial charge in [-0.1, -0.05) is 0 Å². The zero-order valence-corrected chi connectivity index (χ0v) is 9.08. The molecule has 0 radical (unpaired) electrons. The fourth-order valence-corrected chi connectivity index (χ4v) is 1.76. The van der Waals surface area contributed by atoms with Crippen LogP contribution in [0.4, 0.5) is 11.4 Å². The van der Waals surface area contributed by atoms with Gasteiger partial charge in [-0.05, 0) is 37.1 Å². The van der Waals surface area contributed by atoms with Crippen molar-refractivity contribution in [3.05, 3.63) is 23.8 Å². The predicted octanol–water partition coefficient (Wildman–Crippen LogP) is 1.90. The summed E-state index contributed by atoms with van der Waals surface area (Å²) >= 11 is 0. The molecule has 16 heavy (non-hydrogen) atoms. The van der Waals surface area contributed by atoms with Crippen LogP contribution in [0.25, 0.3) is 0 Å². The van der Waals surface area contributed by atoms with Crippen LogP contribution in [-0.2, 0) is 11.2 Å². The lowest BCUT2D eigenvalue weighted by molar-refractivity contribution is -0.116. The first kappa shape index (κ1) is 10.5. The highest BCUT2D eigenvalue weighted by Gasteiger charge is 2.14. The Morgan fingerprint density at radius 2 is 2.31 bits per heavy atom. The van der Waals surface area contributed by atoms with Crippen LogP contribution < -0.4 is 10.6 Å². The van der Waals surface area contributed by atoms with Gasteiger partial charge in [0.2, 0.25) is 5.91 Å². The quantitative estimate of drug-likeness (QED) is 0.791. The Labute approximate surface area is 94.3 Å². The summed E-state index contributed by atoms with van der Waals surface area (Å²) in [5, 5.41) is 14.6. The molecule has 1 aliphatic rings. The number of benzene rings is 1. The smallest absolute Gasteiger partial charge is 0.224 e. The van der Waals surface area contributed by atoms with Gasteiger partial charge >= 0.3 is 0 Å². The average molecular weight is 215 g/mol. The van der Waals surface area contributed by atoms with E-state index in [1.165, 1.54) is 0 Å². The lowest BCUT2D eigenvalue weighted by atomic mass is 10.0. The number of hydrogen-bond acceptors (Lipinski definition) is 3. The van der Waals surface area contributed by atoms with Crippen molar-refractivity contribution in [2.45, 2.75) is 25.8 Å². The maximum absolute atomic E-state index is 11.2. The van der Waals surface area contributed by atoms with Crippen molar-refractivity contribution in [2.75, 3.05) is 10.6 Å². The Morgan fingerprint density at radius 1 is 1.50 bits per heavy atom. The molecule has 1 atom stereocenters. The zero-order valence-electron chi connectivity index (χ0n) is 9.08. The van der Waals surface area contributed by atoms with Gasteiger partial charge in [-0.15, -0.1) is 0 Å². The highest BCUT2D eigenvalue weighted by molar-refractivity contribution is 5.94. The van der Waals surface area contributed by atoms with Crippen molar-refractivity contribution in [3.8, 4) is 6.07 Å². The van der Waals surface area contributed by atoms with Crippen molar-refractivity contribution in [1.29, 1.82) is 5.26 Å². The number of hydrogen-bond donors (Lipinski definition) is 2. The minimum absolute atomic E-state index is 0.0682. The minimum atomic E-state index is -0.212. The molecular formula is C12H13N3O. The predicted molar refractivity (Wildman–Crippen MR) is 62.1 cm³/mol. The molecule has 1 aromatic rings. The summed E-state index contributed by atoms with van der Waals surface area (Å²) in [6, 6.07) is 7.64. The van der Waals surface area contributed by atoms with Gasteiger partial charge < -0.3 is 10.6 Å². The summed E-state index contributed by atoms with van der Waals surface area (Å²) in [7, 11) is 0. The lowest BCUT2D eigenvalue weighted by Crippen LogP contribution is -2.19. The molecule has 0 aromatic heterocycles. The van der Waals surface area contributed by atoms with Gasteiger partial charge in [0.1, 0.15) is 6.04 Å².